The van der Waals surface area contributed by atoms with E-state index in [9.17, 15) is 9.59 Å². The number of carbonyl (C=O) groups is 2. The summed E-state index contributed by atoms with van der Waals surface area (Å²) in [6.45, 7) is 2.04. The number of esters is 1. The van der Waals surface area contributed by atoms with Crippen molar-refractivity contribution in [3.63, 3.8) is 0 Å². The molecule has 4 nitrogen and oxygen atoms in total. The fourth-order valence-electron chi connectivity index (χ4n) is 0.719. The quantitative estimate of drug-likeness (QED) is 0.252. The molecule has 0 aromatic rings. The Morgan fingerprint density at radius 2 is 2.17 bits per heavy atom. The van der Waals surface area contributed by atoms with Crippen molar-refractivity contribution in [1.29, 1.82) is 0 Å². The van der Waals surface area contributed by atoms with Crippen LogP contribution in [0.2, 0.25) is 0 Å². The van der Waals surface area contributed by atoms with E-state index in [0.717, 1.165) is 19.3 Å². The Labute approximate surface area is 71.8 Å². The van der Waals surface area contributed by atoms with Gasteiger partial charge in [0.05, 0.1) is 0 Å². The fourth-order valence-corrected chi connectivity index (χ4v) is 0.719. The molecule has 4 heteroatoms. The van der Waals surface area contributed by atoms with Crippen molar-refractivity contribution in [2.24, 2.45) is 0 Å². The summed E-state index contributed by atoms with van der Waals surface area (Å²) in [5.74, 6) is -0.315. The van der Waals surface area contributed by atoms with Gasteiger partial charge in [0.2, 0.25) is 6.79 Å². The Kier molecular flexibility index (Phi) is 7.33. The average molecular weight is 174 g/mol. The number of hydrogen-bond acceptors (Lipinski definition) is 4. The second kappa shape index (κ2) is 8.04. The predicted octanol–water partition coefficient (Wildman–Crippen LogP) is 1.24. The SMILES string of the molecule is CCCCCC(=O)OCOC=O. The largest absolute Gasteiger partial charge is 0.430 e. The Balaban J connectivity index is 3.15. The van der Waals surface area contributed by atoms with Gasteiger partial charge in [-0.1, -0.05) is 19.8 Å². The monoisotopic (exact) mass is 174 g/mol. The number of ether oxygens (including phenoxy) is 2. The van der Waals surface area contributed by atoms with E-state index >= 15 is 0 Å². The molecule has 0 aromatic carbocycles. The Hall–Kier alpha value is -1.06. The summed E-state index contributed by atoms with van der Waals surface area (Å²) in [6.07, 6.45) is 3.31. The summed E-state index contributed by atoms with van der Waals surface area (Å²) in [6, 6.07) is 0. The zero-order valence-electron chi connectivity index (χ0n) is 7.25. The van der Waals surface area contributed by atoms with Crippen LogP contribution in [-0.2, 0) is 19.1 Å². The van der Waals surface area contributed by atoms with Crippen molar-refractivity contribution < 1.29 is 19.1 Å². The fraction of sp³-hybridized carbons (Fsp3) is 0.750. The van der Waals surface area contributed by atoms with Crippen molar-refractivity contribution in [3.8, 4) is 0 Å². The summed E-state index contributed by atoms with van der Waals surface area (Å²) in [5.41, 5.74) is 0. The Morgan fingerprint density at radius 1 is 1.42 bits per heavy atom. The second-order valence-electron chi connectivity index (χ2n) is 2.35. The third-order valence-corrected chi connectivity index (χ3v) is 1.34. The highest BCUT2D eigenvalue weighted by atomic mass is 16.7. The minimum Gasteiger partial charge on any atom is -0.430 e. The van der Waals surface area contributed by atoms with Crippen LogP contribution in [0.1, 0.15) is 32.6 Å². The van der Waals surface area contributed by atoms with Crippen LogP contribution in [0.15, 0.2) is 0 Å². The molecule has 0 heterocycles. The highest BCUT2D eigenvalue weighted by Crippen LogP contribution is 1.99. The molecule has 0 aliphatic carbocycles. The van der Waals surface area contributed by atoms with Crippen LogP contribution >= 0.6 is 0 Å². The van der Waals surface area contributed by atoms with E-state index in [-0.39, 0.29) is 19.2 Å². The molecule has 0 radical (unpaired) electrons. The summed E-state index contributed by atoms with van der Waals surface area (Å²) in [7, 11) is 0. The van der Waals surface area contributed by atoms with Crippen LogP contribution in [0.5, 0.6) is 0 Å². The van der Waals surface area contributed by atoms with Gasteiger partial charge in [-0.2, -0.15) is 0 Å². The summed E-state index contributed by atoms with van der Waals surface area (Å²) in [4.78, 5) is 20.4. The minimum absolute atomic E-state index is 0.249. The number of carbonyl (C=O) groups excluding carboxylic acids is 2. The lowest BCUT2D eigenvalue weighted by atomic mass is 10.2. The lowest BCUT2D eigenvalue weighted by molar-refractivity contribution is -0.160. The zero-order chi connectivity index (χ0) is 9.23. The molecule has 0 rings (SSSR count). The molecule has 0 saturated heterocycles. The van der Waals surface area contributed by atoms with Crippen LogP contribution in [-0.4, -0.2) is 19.2 Å². The van der Waals surface area contributed by atoms with Gasteiger partial charge in [-0.3, -0.25) is 9.59 Å². The predicted molar refractivity (Wildman–Crippen MR) is 42.3 cm³/mol. The zero-order valence-corrected chi connectivity index (χ0v) is 7.25. The number of hydrogen-bond donors (Lipinski definition) is 0. The molecular formula is C8H14O4. The van der Waals surface area contributed by atoms with Crippen molar-refractivity contribution in [2.75, 3.05) is 6.79 Å². The molecule has 0 bridgehead atoms. The molecule has 0 aliphatic rings. The third kappa shape index (κ3) is 7.05. The molecule has 12 heavy (non-hydrogen) atoms. The second-order valence-corrected chi connectivity index (χ2v) is 2.35. The molecule has 0 N–H and O–H groups in total. The van der Waals surface area contributed by atoms with Crippen LogP contribution in [0.3, 0.4) is 0 Å². The number of rotatable bonds is 7. The maximum atomic E-state index is 10.8. The maximum Gasteiger partial charge on any atom is 0.308 e. The summed E-state index contributed by atoms with van der Waals surface area (Å²) >= 11 is 0. The molecule has 0 unspecified atom stereocenters. The topological polar surface area (TPSA) is 52.6 Å². The van der Waals surface area contributed by atoms with Gasteiger partial charge in [0.15, 0.2) is 0 Å². The van der Waals surface area contributed by atoms with E-state index in [1.807, 2.05) is 0 Å². The normalized spacial score (nSPS) is 9.08. The van der Waals surface area contributed by atoms with E-state index in [2.05, 4.69) is 16.4 Å². The lowest BCUT2D eigenvalue weighted by Crippen LogP contribution is -2.07. The maximum absolute atomic E-state index is 10.8. The van der Waals surface area contributed by atoms with Gasteiger partial charge in [-0.15, -0.1) is 0 Å². The molecule has 0 saturated carbocycles. The van der Waals surface area contributed by atoms with E-state index in [4.69, 9.17) is 0 Å². The summed E-state index contributed by atoms with van der Waals surface area (Å²) < 4.78 is 8.72. The molecule has 70 valence electrons. The third-order valence-electron chi connectivity index (χ3n) is 1.34. The highest BCUT2D eigenvalue weighted by molar-refractivity contribution is 5.69. The minimum atomic E-state index is -0.315. The first kappa shape index (κ1) is 10.9. The van der Waals surface area contributed by atoms with E-state index < -0.39 is 0 Å². The molecule has 0 amide bonds. The van der Waals surface area contributed by atoms with Crippen LogP contribution in [0, 0.1) is 0 Å². The molecule has 0 aromatic heterocycles. The first-order valence-corrected chi connectivity index (χ1v) is 4.02. The Morgan fingerprint density at radius 3 is 2.75 bits per heavy atom. The lowest BCUT2D eigenvalue weighted by Gasteiger charge is -2.01. The van der Waals surface area contributed by atoms with E-state index in [1.165, 1.54) is 0 Å². The van der Waals surface area contributed by atoms with Crippen molar-refractivity contribution in [2.45, 2.75) is 32.6 Å². The van der Waals surface area contributed by atoms with Crippen molar-refractivity contribution in [3.05, 3.63) is 0 Å². The van der Waals surface area contributed by atoms with Crippen molar-refractivity contribution in [1.82, 2.24) is 0 Å². The molecule has 0 fully saturated rings. The molecule has 0 aliphatic heterocycles. The van der Waals surface area contributed by atoms with Crippen LogP contribution in [0.25, 0.3) is 0 Å². The first-order chi connectivity index (χ1) is 5.81. The van der Waals surface area contributed by atoms with Gasteiger partial charge in [0.1, 0.15) is 0 Å². The standard InChI is InChI=1S/C8H14O4/c1-2-3-4-5-8(10)12-7-11-6-9/h6H,2-5,7H2,1H3. The number of unbranched alkanes of at least 4 members (excludes halogenated alkanes) is 2. The van der Waals surface area contributed by atoms with Gasteiger partial charge in [0, 0.05) is 6.42 Å². The molecule has 0 spiro atoms. The van der Waals surface area contributed by atoms with E-state index in [1.54, 1.807) is 0 Å². The van der Waals surface area contributed by atoms with Crippen LogP contribution in [0.4, 0.5) is 0 Å². The van der Waals surface area contributed by atoms with E-state index in [0.29, 0.717) is 6.42 Å². The average Bonchev–Trinajstić information content (AvgIpc) is 2.06. The molecular weight excluding hydrogens is 160 g/mol. The van der Waals surface area contributed by atoms with Gasteiger partial charge >= 0.3 is 5.97 Å². The smallest absolute Gasteiger partial charge is 0.308 e. The Bertz CT molecular complexity index is 133. The van der Waals surface area contributed by atoms with Gasteiger partial charge in [0.25, 0.3) is 6.47 Å². The van der Waals surface area contributed by atoms with Gasteiger partial charge in [-0.05, 0) is 6.42 Å². The first-order valence-electron chi connectivity index (χ1n) is 4.02. The van der Waals surface area contributed by atoms with Crippen molar-refractivity contribution >= 4 is 12.4 Å². The van der Waals surface area contributed by atoms with Gasteiger partial charge in [-0.25, -0.2) is 0 Å². The van der Waals surface area contributed by atoms with Crippen LogP contribution < -0.4 is 0 Å². The van der Waals surface area contributed by atoms with Gasteiger partial charge < -0.3 is 9.47 Å². The molecule has 0 atom stereocenters. The summed E-state index contributed by atoms with van der Waals surface area (Å²) in [5, 5.41) is 0. The highest BCUT2D eigenvalue weighted by Gasteiger charge is 2.00.